The lowest BCUT2D eigenvalue weighted by Crippen LogP contribution is -2.36. The quantitative estimate of drug-likeness (QED) is 0.785. The molecule has 19 heavy (non-hydrogen) atoms. The second-order valence-corrected chi connectivity index (χ2v) is 4.44. The van der Waals surface area contributed by atoms with Gasteiger partial charge in [0.15, 0.2) is 6.61 Å². The molecule has 1 amide bonds. The van der Waals surface area contributed by atoms with Gasteiger partial charge in [0.05, 0.1) is 0 Å². The van der Waals surface area contributed by atoms with E-state index >= 15 is 0 Å². The number of nitrogens with zero attached hydrogens (tertiary/aromatic N) is 1. The summed E-state index contributed by atoms with van der Waals surface area (Å²) in [5.74, 6) is 0.779. The lowest BCUT2D eigenvalue weighted by atomic mass is 10.3. The minimum absolute atomic E-state index is 0.0568. The first-order valence-corrected chi connectivity index (χ1v) is 6.89. The number of carbonyl (C=O) groups excluding carboxylic acids is 1. The van der Waals surface area contributed by atoms with Crippen molar-refractivity contribution in [2.24, 2.45) is 0 Å². The molecule has 0 atom stereocenters. The van der Waals surface area contributed by atoms with Gasteiger partial charge in [-0.25, -0.2) is 0 Å². The van der Waals surface area contributed by atoms with Crippen LogP contribution in [0.1, 0.15) is 26.7 Å². The third-order valence-corrected chi connectivity index (χ3v) is 2.85. The predicted molar refractivity (Wildman–Crippen MR) is 78.6 cm³/mol. The minimum atomic E-state index is 0.0568. The average Bonchev–Trinajstić information content (AvgIpc) is 2.45. The maximum Gasteiger partial charge on any atom is 0.260 e. The van der Waals surface area contributed by atoms with Crippen molar-refractivity contribution in [3.63, 3.8) is 0 Å². The summed E-state index contributed by atoms with van der Waals surface area (Å²) in [6, 6.07) is 7.58. The van der Waals surface area contributed by atoms with Crippen LogP contribution in [0.5, 0.6) is 5.75 Å². The second-order valence-electron chi connectivity index (χ2n) is 4.44. The van der Waals surface area contributed by atoms with E-state index in [1.807, 2.05) is 36.2 Å². The molecule has 0 unspecified atom stereocenters. The molecule has 0 fully saturated rings. The number of benzene rings is 1. The van der Waals surface area contributed by atoms with Crippen molar-refractivity contribution in [2.45, 2.75) is 26.7 Å². The third-order valence-electron chi connectivity index (χ3n) is 2.85. The van der Waals surface area contributed by atoms with Gasteiger partial charge in [-0.2, -0.15) is 0 Å². The van der Waals surface area contributed by atoms with Gasteiger partial charge in [-0.1, -0.05) is 13.8 Å². The van der Waals surface area contributed by atoms with Gasteiger partial charge in [-0.3, -0.25) is 4.79 Å². The Bertz CT molecular complexity index is 370. The summed E-state index contributed by atoms with van der Waals surface area (Å²) in [4.78, 5) is 13.9. The van der Waals surface area contributed by atoms with Gasteiger partial charge in [0.2, 0.25) is 0 Å². The number of ether oxygens (including phenoxy) is 1. The third kappa shape index (κ3) is 5.20. The van der Waals surface area contributed by atoms with E-state index in [4.69, 9.17) is 4.74 Å². The zero-order valence-electron chi connectivity index (χ0n) is 12.1. The Morgan fingerprint density at radius 1 is 1.16 bits per heavy atom. The van der Waals surface area contributed by atoms with Crippen LogP contribution in [0.2, 0.25) is 0 Å². The zero-order valence-corrected chi connectivity index (χ0v) is 12.1. The highest BCUT2D eigenvalue weighted by atomic mass is 16.5. The highest BCUT2D eigenvalue weighted by Crippen LogP contribution is 2.15. The highest BCUT2D eigenvalue weighted by Gasteiger charge is 2.12. The number of hydrogen-bond acceptors (Lipinski definition) is 3. The van der Waals surface area contributed by atoms with Crippen molar-refractivity contribution in [1.29, 1.82) is 0 Å². The van der Waals surface area contributed by atoms with Crippen LogP contribution in [0, 0.1) is 0 Å². The Morgan fingerprint density at radius 3 is 2.21 bits per heavy atom. The molecule has 0 aliphatic carbocycles. The molecule has 1 aromatic rings. The Balaban J connectivity index is 2.46. The van der Waals surface area contributed by atoms with Crippen molar-refractivity contribution in [3.05, 3.63) is 24.3 Å². The fourth-order valence-corrected chi connectivity index (χ4v) is 1.86. The zero-order chi connectivity index (χ0) is 14.1. The van der Waals surface area contributed by atoms with E-state index in [9.17, 15) is 4.79 Å². The summed E-state index contributed by atoms with van der Waals surface area (Å²) in [5.41, 5.74) is 1.03. The largest absolute Gasteiger partial charge is 0.484 e. The molecule has 0 saturated heterocycles. The summed E-state index contributed by atoms with van der Waals surface area (Å²) in [6.07, 6.45) is 1.95. The molecule has 1 rings (SSSR count). The van der Waals surface area contributed by atoms with Gasteiger partial charge >= 0.3 is 0 Å². The lowest BCUT2D eigenvalue weighted by molar-refractivity contribution is -0.133. The van der Waals surface area contributed by atoms with Crippen molar-refractivity contribution < 1.29 is 9.53 Å². The highest BCUT2D eigenvalue weighted by molar-refractivity contribution is 5.77. The van der Waals surface area contributed by atoms with Crippen LogP contribution in [-0.4, -0.2) is 37.6 Å². The smallest absolute Gasteiger partial charge is 0.260 e. The number of amides is 1. The van der Waals surface area contributed by atoms with E-state index in [1.54, 1.807) is 0 Å². The van der Waals surface area contributed by atoms with Crippen molar-refractivity contribution in [1.82, 2.24) is 4.90 Å². The number of rotatable bonds is 8. The molecule has 4 heteroatoms. The summed E-state index contributed by atoms with van der Waals surface area (Å²) >= 11 is 0. The fraction of sp³-hybridized carbons (Fsp3) is 0.533. The van der Waals surface area contributed by atoms with Crippen molar-refractivity contribution >= 4 is 11.6 Å². The maximum atomic E-state index is 12.0. The topological polar surface area (TPSA) is 41.6 Å². The van der Waals surface area contributed by atoms with Crippen LogP contribution in [0.3, 0.4) is 0 Å². The first kappa shape index (κ1) is 15.3. The molecular weight excluding hydrogens is 240 g/mol. The van der Waals surface area contributed by atoms with E-state index in [2.05, 4.69) is 19.2 Å². The SMILES string of the molecule is CCCN(CCC)C(=O)COc1ccc(NC)cc1. The molecule has 4 nitrogen and oxygen atoms in total. The monoisotopic (exact) mass is 264 g/mol. The van der Waals surface area contributed by atoms with E-state index in [1.165, 1.54) is 0 Å². The number of carbonyl (C=O) groups is 1. The Hall–Kier alpha value is -1.71. The van der Waals surface area contributed by atoms with Crippen molar-refractivity contribution in [2.75, 3.05) is 32.1 Å². The van der Waals surface area contributed by atoms with Crippen LogP contribution in [0.4, 0.5) is 5.69 Å². The van der Waals surface area contributed by atoms with Crippen LogP contribution < -0.4 is 10.1 Å². The lowest BCUT2D eigenvalue weighted by Gasteiger charge is -2.21. The summed E-state index contributed by atoms with van der Waals surface area (Å²) < 4.78 is 5.52. The van der Waals surface area contributed by atoms with Gasteiger partial charge in [0.1, 0.15) is 5.75 Å². The van der Waals surface area contributed by atoms with Crippen LogP contribution in [-0.2, 0) is 4.79 Å². The molecule has 0 heterocycles. The minimum Gasteiger partial charge on any atom is -0.484 e. The molecule has 0 saturated carbocycles. The van der Waals surface area contributed by atoms with E-state index in [0.717, 1.165) is 37.4 Å². The Labute approximate surface area is 115 Å². The number of hydrogen-bond donors (Lipinski definition) is 1. The molecule has 0 spiro atoms. The van der Waals surface area contributed by atoms with Crippen LogP contribution in [0.25, 0.3) is 0 Å². The average molecular weight is 264 g/mol. The summed E-state index contributed by atoms with van der Waals surface area (Å²) in [7, 11) is 1.87. The van der Waals surface area contributed by atoms with E-state index in [0.29, 0.717) is 0 Å². The predicted octanol–water partition coefficient (Wildman–Crippen LogP) is 2.76. The fourth-order valence-electron chi connectivity index (χ4n) is 1.86. The van der Waals surface area contributed by atoms with Crippen LogP contribution >= 0.6 is 0 Å². The van der Waals surface area contributed by atoms with E-state index in [-0.39, 0.29) is 12.5 Å². The normalized spacial score (nSPS) is 10.1. The number of anilines is 1. The molecule has 1 N–H and O–H groups in total. The van der Waals surface area contributed by atoms with Gasteiger partial charge in [0, 0.05) is 25.8 Å². The van der Waals surface area contributed by atoms with Gasteiger partial charge in [-0.05, 0) is 37.1 Å². The van der Waals surface area contributed by atoms with E-state index < -0.39 is 0 Å². The maximum absolute atomic E-state index is 12.0. The first-order chi connectivity index (χ1) is 9.21. The molecule has 0 aromatic heterocycles. The summed E-state index contributed by atoms with van der Waals surface area (Å²) in [5, 5.41) is 3.04. The molecule has 0 bridgehead atoms. The van der Waals surface area contributed by atoms with Crippen molar-refractivity contribution in [3.8, 4) is 5.75 Å². The molecule has 0 aliphatic rings. The molecule has 1 aromatic carbocycles. The Kier molecular flexibility index (Phi) is 6.79. The molecular formula is C15H24N2O2. The molecule has 106 valence electrons. The Morgan fingerprint density at radius 2 is 1.74 bits per heavy atom. The number of nitrogens with one attached hydrogen (secondary N) is 1. The van der Waals surface area contributed by atoms with Gasteiger partial charge in [-0.15, -0.1) is 0 Å². The standard InChI is InChI=1S/C15H24N2O2/c1-4-10-17(11-5-2)15(18)12-19-14-8-6-13(16-3)7-9-14/h6-9,16H,4-5,10-12H2,1-3H3. The second kappa shape index (κ2) is 8.40. The first-order valence-electron chi connectivity index (χ1n) is 6.89. The molecule has 0 radical (unpaired) electrons. The van der Waals surface area contributed by atoms with Gasteiger partial charge in [0.25, 0.3) is 5.91 Å². The summed E-state index contributed by atoms with van der Waals surface area (Å²) in [6.45, 7) is 5.86. The van der Waals surface area contributed by atoms with Crippen LogP contribution in [0.15, 0.2) is 24.3 Å². The van der Waals surface area contributed by atoms with Gasteiger partial charge < -0.3 is 15.0 Å². The molecule has 0 aliphatic heterocycles.